The molecule has 0 spiro atoms. The highest BCUT2D eigenvalue weighted by Crippen LogP contribution is 2.16. The summed E-state index contributed by atoms with van der Waals surface area (Å²) in [6.45, 7) is 1.82. The minimum absolute atomic E-state index is 0.134. The lowest BCUT2D eigenvalue weighted by Crippen LogP contribution is -2.34. The van der Waals surface area contributed by atoms with Gasteiger partial charge in [-0.3, -0.25) is 9.59 Å². The summed E-state index contributed by atoms with van der Waals surface area (Å²) in [5, 5.41) is 13.8. The van der Waals surface area contributed by atoms with Gasteiger partial charge in [-0.2, -0.15) is 0 Å². The minimum atomic E-state index is -0.704. The van der Waals surface area contributed by atoms with Crippen molar-refractivity contribution in [1.29, 1.82) is 0 Å². The Balaban J connectivity index is 1.81. The fraction of sp³-hybridized carbons (Fsp3) is 0.200. The van der Waals surface area contributed by atoms with Crippen molar-refractivity contribution in [3.63, 3.8) is 0 Å². The smallest absolute Gasteiger partial charge is 0.251 e. The molecule has 0 aliphatic heterocycles. The third-order valence-corrected chi connectivity index (χ3v) is 3.35. The summed E-state index contributed by atoms with van der Waals surface area (Å²) < 4.78 is 1.38. The van der Waals surface area contributed by atoms with Crippen LogP contribution in [0.5, 0.6) is 0 Å². The highest BCUT2D eigenvalue weighted by Gasteiger charge is 2.23. The maximum Gasteiger partial charge on any atom is 0.251 e. The first kappa shape index (κ1) is 15.5. The molecule has 3 aromatic rings. The van der Waals surface area contributed by atoms with Crippen molar-refractivity contribution in [2.45, 2.75) is 19.5 Å². The molecule has 1 unspecified atom stereocenters. The summed E-state index contributed by atoms with van der Waals surface area (Å²) in [6.07, 6.45) is 1.38. The number of benzene rings is 1. The van der Waals surface area contributed by atoms with E-state index in [1.807, 2.05) is 30.3 Å². The average Bonchev–Trinajstić information content (AvgIpc) is 3.07. The number of amides is 1. The second kappa shape index (κ2) is 6.82. The van der Waals surface area contributed by atoms with Crippen LogP contribution in [0.2, 0.25) is 0 Å². The Bertz CT molecular complexity index is 874. The van der Waals surface area contributed by atoms with Crippen LogP contribution in [0.1, 0.15) is 23.1 Å². The molecule has 0 aliphatic carbocycles. The van der Waals surface area contributed by atoms with E-state index in [0.29, 0.717) is 11.5 Å². The molecular formula is C15H15N7O2. The molecule has 3 rings (SSSR count). The highest BCUT2D eigenvalue weighted by atomic mass is 16.2. The topological polar surface area (TPSA) is 118 Å². The fourth-order valence-corrected chi connectivity index (χ4v) is 2.35. The lowest BCUT2D eigenvalue weighted by atomic mass is 10.1. The molecule has 0 saturated heterocycles. The van der Waals surface area contributed by atoms with Crippen molar-refractivity contribution >= 4 is 5.91 Å². The standard InChI is InChI=1S/C15H15N7O2/c1-10-18-12(7-13(23)19-10)8-16-15(24)14(22-9-17-20-21-22)11-5-3-2-4-6-11/h2-7,9,14H,8H2,1H3,(H,16,24)(H,18,19,23). The number of hydrogen-bond donors (Lipinski definition) is 2. The Kier molecular flexibility index (Phi) is 4.41. The quantitative estimate of drug-likeness (QED) is 0.680. The number of nitrogens with one attached hydrogen (secondary N) is 2. The van der Waals surface area contributed by atoms with E-state index >= 15 is 0 Å². The molecule has 0 bridgehead atoms. The molecular weight excluding hydrogens is 310 g/mol. The Morgan fingerprint density at radius 2 is 2.12 bits per heavy atom. The Labute approximate surface area is 136 Å². The van der Waals surface area contributed by atoms with Crippen LogP contribution >= 0.6 is 0 Å². The Morgan fingerprint density at radius 3 is 2.79 bits per heavy atom. The van der Waals surface area contributed by atoms with Gasteiger partial charge in [0.25, 0.3) is 5.56 Å². The van der Waals surface area contributed by atoms with Crippen LogP contribution in [0.25, 0.3) is 0 Å². The first-order valence-electron chi connectivity index (χ1n) is 7.25. The van der Waals surface area contributed by atoms with Crippen LogP contribution < -0.4 is 10.9 Å². The van der Waals surface area contributed by atoms with E-state index in [1.54, 1.807) is 6.92 Å². The van der Waals surface area contributed by atoms with E-state index in [9.17, 15) is 9.59 Å². The van der Waals surface area contributed by atoms with Crippen molar-refractivity contribution in [1.82, 2.24) is 35.5 Å². The second-order valence-electron chi connectivity index (χ2n) is 5.14. The summed E-state index contributed by atoms with van der Waals surface area (Å²) in [4.78, 5) is 30.8. The largest absolute Gasteiger partial charge is 0.348 e. The molecule has 2 aromatic heterocycles. The normalized spacial score (nSPS) is 11.9. The number of aromatic amines is 1. The van der Waals surface area contributed by atoms with E-state index in [1.165, 1.54) is 17.1 Å². The van der Waals surface area contributed by atoms with Gasteiger partial charge in [0, 0.05) is 6.07 Å². The number of tetrazole rings is 1. The van der Waals surface area contributed by atoms with Crippen LogP contribution in [0.3, 0.4) is 0 Å². The molecule has 24 heavy (non-hydrogen) atoms. The second-order valence-corrected chi connectivity index (χ2v) is 5.14. The van der Waals surface area contributed by atoms with Gasteiger partial charge in [0.1, 0.15) is 12.2 Å². The molecule has 9 nitrogen and oxygen atoms in total. The number of aromatic nitrogens is 6. The van der Waals surface area contributed by atoms with Gasteiger partial charge < -0.3 is 10.3 Å². The summed E-state index contributed by atoms with van der Waals surface area (Å²) >= 11 is 0. The van der Waals surface area contributed by atoms with Gasteiger partial charge >= 0.3 is 0 Å². The van der Waals surface area contributed by atoms with Crippen molar-refractivity contribution < 1.29 is 4.79 Å². The minimum Gasteiger partial charge on any atom is -0.348 e. The zero-order chi connectivity index (χ0) is 16.9. The van der Waals surface area contributed by atoms with E-state index in [-0.39, 0.29) is 18.0 Å². The van der Waals surface area contributed by atoms with E-state index in [2.05, 4.69) is 30.8 Å². The molecule has 2 N–H and O–H groups in total. The van der Waals surface area contributed by atoms with Crippen molar-refractivity contribution in [2.75, 3.05) is 0 Å². The number of carbonyl (C=O) groups is 1. The maximum absolute atomic E-state index is 12.6. The van der Waals surface area contributed by atoms with Crippen LogP contribution in [0.4, 0.5) is 0 Å². The first-order chi connectivity index (χ1) is 11.6. The number of hydrogen-bond acceptors (Lipinski definition) is 6. The molecule has 1 atom stereocenters. The Hall–Kier alpha value is -3.36. The molecule has 0 fully saturated rings. The molecule has 1 amide bonds. The number of H-pyrrole nitrogens is 1. The molecule has 1 aromatic carbocycles. The van der Waals surface area contributed by atoms with E-state index in [0.717, 1.165) is 5.56 Å². The van der Waals surface area contributed by atoms with Gasteiger partial charge in [-0.15, -0.1) is 5.10 Å². The predicted molar refractivity (Wildman–Crippen MR) is 83.8 cm³/mol. The number of rotatable bonds is 5. The summed E-state index contributed by atoms with van der Waals surface area (Å²) in [6, 6.07) is 9.82. The average molecular weight is 325 g/mol. The van der Waals surface area contributed by atoms with Crippen molar-refractivity contribution in [2.24, 2.45) is 0 Å². The lowest BCUT2D eigenvalue weighted by molar-refractivity contribution is -0.123. The lowest BCUT2D eigenvalue weighted by Gasteiger charge is -2.16. The first-order valence-corrected chi connectivity index (χ1v) is 7.25. The molecule has 0 radical (unpaired) electrons. The van der Waals surface area contributed by atoms with Crippen molar-refractivity contribution in [3.05, 3.63) is 70.2 Å². The molecule has 0 aliphatic rings. The summed E-state index contributed by atoms with van der Waals surface area (Å²) in [7, 11) is 0. The van der Waals surface area contributed by atoms with Gasteiger partial charge in [0.05, 0.1) is 12.2 Å². The van der Waals surface area contributed by atoms with Crippen LogP contribution in [0.15, 0.2) is 47.5 Å². The monoisotopic (exact) mass is 325 g/mol. The van der Waals surface area contributed by atoms with Crippen LogP contribution in [0, 0.1) is 6.92 Å². The van der Waals surface area contributed by atoms with Gasteiger partial charge in [-0.25, -0.2) is 9.67 Å². The zero-order valence-corrected chi connectivity index (χ0v) is 12.9. The van der Waals surface area contributed by atoms with Crippen LogP contribution in [-0.2, 0) is 11.3 Å². The fourth-order valence-electron chi connectivity index (χ4n) is 2.35. The van der Waals surface area contributed by atoms with Gasteiger partial charge in [-0.05, 0) is 22.9 Å². The van der Waals surface area contributed by atoms with Crippen molar-refractivity contribution in [3.8, 4) is 0 Å². The SMILES string of the molecule is Cc1nc(CNC(=O)C(c2ccccc2)n2cnnn2)cc(=O)[nH]1. The molecule has 2 heterocycles. The summed E-state index contributed by atoms with van der Waals surface area (Å²) in [5.41, 5.74) is 0.970. The van der Waals surface area contributed by atoms with Gasteiger partial charge in [0.2, 0.25) is 5.91 Å². The highest BCUT2D eigenvalue weighted by molar-refractivity contribution is 5.83. The number of nitrogens with zero attached hydrogens (tertiary/aromatic N) is 5. The van der Waals surface area contributed by atoms with E-state index < -0.39 is 6.04 Å². The third-order valence-electron chi connectivity index (χ3n) is 3.35. The molecule has 122 valence electrons. The molecule has 9 heteroatoms. The van der Waals surface area contributed by atoms with E-state index in [4.69, 9.17) is 0 Å². The van der Waals surface area contributed by atoms with Gasteiger partial charge in [0.15, 0.2) is 6.04 Å². The van der Waals surface area contributed by atoms with Gasteiger partial charge in [-0.1, -0.05) is 30.3 Å². The molecule has 0 saturated carbocycles. The number of carbonyl (C=O) groups excluding carboxylic acids is 1. The summed E-state index contributed by atoms with van der Waals surface area (Å²) in [5.74, 6) is 0.195. The Morgan fingerprint density at radius 1 is 1.33 bits per heavy atom. The van der Waals surface area contributed by atoms with Crippen LogP contribution in [-0.4, -0.2) is 36.1 Å². The number of aryl methyl sites for hydroxylation is 1. The maximum atomic E-state index is 12.6. The predicted octanol–water partition coefficient (Wildman–Crippen LogP) is -0.0294. The zero-order valence-electron chi connectivity index (χ0n) is 12.9. The third kappa shape index (κ3) is 3.51.